The van der Waals surface area contributed by atoms with Crippen molar-refractivity contribution in [3.63, 3.8) is 0 Å². The van der Waals surface area contributed by atoms with Gasteiger partial charge in [0.2, 0.25) is 0 Å². The van der Waals surface area contributed by atoms with Crippen LogP contribution in [-0.4, -0.2) is 29.5 Å². The number of hydrogen-bond acceptors (Lipinski definition) is 2. The lowest BCUT2D eigenvalue weighted by Crippen LogP contribution is -2.39. The molecule has 15 heavy (non-hydrogen) atoms. The van der Waals surface area contributed by atoms with E-state index in [1.165, 1.54) is 25.9 Å². The first-order valence-electron chi connectivity index (χ1n) is 5.94. The highest BCUT2D eigenvalue weighted by atomic mass is 32.1. The molecule has 0 saturated carbocycles. The summed E-state index contributed by atoms with van der Waals surface area (Å²) in [4.78, 5) is 3.20. The quantitative estimate of drug-likeness (QED) is 0.749. The van der Waals surface area contributed by atoms with Crippen molar-refractivity contribution in [2.75, 3.05) is 19.6 Å². The SMILES string of the molecule is CC1CCCN(CCC(C)(C)C(N)=S)C1. The molecule has 1 unspecified atom stereocenters. The minimum absolute atomic E-state index is 0.00994. The maximum absolute atomic E-state index is 5.73. The lowest BCUT2D eigenvalue weighted by Gasteiger charge is -2.33. The van der Waals surface area contributed by atoms with Crippen molar-refractivity contribution in [1.82, 2.24) is 4.90 Å². The summed E-state index contributed by atoms with van der Waals surface area (Å²) in [5.74, 6) is 0.853. The first kappa shape index (κ1) is 12.9. The van der Waals surface area contributed by atoms with Crippen molar-refractivity contribution in [3.8, 4) is 0 Å². The van der Waals surface area contributed by atoms with Gasteiger partial charge in [0.15, 0.2) is 0 Å². The summed E-state index contributed by atoms with van der Waals surface area (Å²) < 4.78 is 0. The minimum Gasteiger partial charge on any atom is -0.393 e. The summed E-state index contributed by atoms with van der Waals surface area (Å²) in [7, 11) is 0. The predicted octanol–water partition coefficient (Wildman–Crippen LogP) is 2.42. The van der Waals surface area contributed by atoms with Crippen LogP contribution >= 0.6 is 12.2 Å². The van der Waals surface area contributed by atoms with E-state index in [-0.39, 0.29) is 5.41 Å². The third-order valence-electron chi connectivity index (χ3n) is 3.46. The molecule has 1 aliphatic rings. The molecule has 0 spiro atoms. The van der Waals surface area contributed by atoms with Crippen LogP contribution in [0.2, 0.25) is 0 Å². The molecule has 2 N–H and O–H groups in total. The van der Waals surface area contributed by atoms with E-state index in [4.69, 9.17) is 18.0 Å². The Kier molecular flexibility index (Phi) is 4.53. The van der Waals surface area contributed by atoms with E-state index in [9.17, 15) is 0 Å². The fourth-order valence-corrected chi connectivity index (χ4v) is 2.15. The molecule has 1 atom stereocenters. The van der Waals surface area contributed by atoms with Crippen LogP contribution in [0.3, 0.4) is 0 Å². The molecule has 88 valence electrons. The van der Waals surface area contributed by atoms with Crippen LogP contribution in [0.5, 0.6) is 0 Å². The Bertz CT molecular complexity index is 226. The maximum Gasteiger partial charge on any atom is 0.0784 e. The van der Waals surface area contributed by atoms with E-state index >= 15 is 0 Å². The van der Waals surface area contributed by atoms with Crippen molar-refractivity contribution in [3.05, 3.63) is 0 Å². The van der Waals surface area contributed by atoms with Gasteiger partial charge < -0.3 is 10.6 Å². The minimum atomic E-state index is 0.00994. The smallest absolute Gasteiger partial charge is 0.0784 e. The molecule has 2 nitrogen and oxygen atoms in total. The Labute approximate surface area is 99.2 Å². The van der Waals surface area contributed by atoms with Gasteiger partial charge in [-0.1, -0.05) is 33.0 Å². The highest BCUT2D eigenvalue weighted by Crippen LogP contribution is 2.23. The third-order valence-corrected chi connectivity index (χ3v) is 4.01. The van der Waals surface area contributed by atoms with Gasteiger partial charge in [-0.2, -0.15) is 0 Å². The van der Waals surface area contributed by atoms with Gasteiger partial charge in [0.25, 0.3) is 0 Å². The number of thiocarbonyl (C=S) groups is 1. The highest BCUT2D eigenvalue weighted by molar-refractivity contribution is 7.80. The number of rotatable bonds is 4. The summed E-state index contributed by atoms with van der Waals surface area (Å²) in [5, 5.41) is 0. The molecule has 0 radical (unpaired) electrons. The molecule has 1 rings (SSSR count). The molecular weight excluding hydrogens is 204 g/mol. The standard InChI is InChI=1S/C12H24N2S/c1-10-5-4-7-14(9-10)8-6-12(2,3)11(13)15/h10H,4-9H2,1-3H3,(H2,13,15). The average molecular weight is 228 g/mol. The van der Waals surface area contributed by atoms with Crippen LogP contribution in [0.25, 0.3) is 0 Å². The second-order valence-corrected chi connectivity index (χ2v) is 5.99. The molecule has 1 saturated heterocycles. The topological polar surface area (TPSA) is 29.3 Å². The summed E-state index contributed by atoms with van der Waals surface area (Å²) in [6.45, 7) is 10.2. The van der Waals surface area contributed by atoms with E-state index in [2.05, 4.69) is 25.7 Å². The summed E-state index contributed by atoms with van der Waals surface area (Å²) in [6.07, 6.45) is 3.80. The van der Waals surface area contributed by atoms with Crippen LogP contribution in [0.1, 0.15) is 40.0 Å². The van der Waals surface area contributed by atoms with Gasteiger partial charge in [0.1, 0.15) is 0 Å². The Hall–Kier alpha value is -0.150. The summed E-state index contributed by atoms with van der Waals surface area (Å²) in [5.41, 5.74) is 5.74. The summed E-state index contributed by atoms with van der Waals surface area (Å²) >= 11 is 5.08. The second kappa shape index (κ2) is 5.26. The molecule has 0 aliphatic carbocycles. The molecule has 0 aromatic rings. The van der Waals surface area contributed by atoms with Crippen LogP contribution in [0.15, 0.2) is 0 Å². The van der Waals surface area contributed by atoms with Crippen LogP contribution in [-0.2, 0) is 0 Å². The van der Waals surface area contributed by atoms with Crippen molar-refractivity contribution in [1.29, 1.82) is 0 Å². The molecule has 1 heterocycles. The van der Waals surface area contributed by atoms with Crippen molar-refractivity contribution in [2.24, 2.45) is 17.1 Å². The van der Waals surface area contributed by atoms with Crippen molar-refractivity contribution >= 4 is 17.2 Å². The first-order chi connectivity index (χ1) is 6.92. The number of hydrogen-bond donors (Lipinski definition) is 1. The highest BCUT2D eigenvalue weighted by Gasteiger charge is 2.23. The normalized spacial score (nSPS) is 24.1. The molecular formula is C12H24N2S. The number of nitrogens with zero attached hydrogens (tertiary/aromatic N) is 1. The Morgan fingerprint density at radius 3 is 2.73 bits per heavy atom. The largest absolute Gasteiger partial charge is 0.393 e. The molecule has 0 aromatic carbocycles. The fourth-order valence-electron chi connectivity index (χ4n) is 2.05. The third kappa shape index (κ3) is 4.07. The molecule has 0 aromatic heterocycles. The van der Waals surface area contributed by atoms with Crippen LogP contribution in [0.4, 0.5) is 0 Å². The van der Waals surface area contributed by atoms with E-state index in [1.54, 1.807) is 0 Å². The van der Waals surface area contributed by atoms with E-state index in [0.717, 1.165) is 18.9 Å². The lowest BCUT2D eigenvalue weighted by atomic mass is 9.88. The van der Waals surface area contributed by atoms with Crippen molar-refractivity contribution in [2.45, 2.75) is 40.0 Å². The lowest BCUT2D eigenvalue weighted by molar-refractivity contribution is 0.170. The second-order valence-electron chi connectivity index (χ2n) is 5.55. The van der Waals surface area contributed by atoms with E-state index < -0.39 is 0 Å². The zero-order valence-electron chi connectivity index (χ0n) is 10.3. The predicted molar refractivity (Wildman–Crippen MR) is 70.0 cm³/mol. The van der Waals surface area contributed by atoms with Crippen LogP contribution in [0, 0.1) is 11.3 Å². The molecule has 0 amide bonds. The summed E-state index contributed by atoms with van der Waals surface area (Å²) in [6, 6.07) is 0. The Balaban J connectivity index is 2.33. The number of piperidine rings is 1. The van der Waals surface area contributed by atoms with Gasteiger partial charge in [-0.15, -0.1) is 0 Å². The fraction of sp³-hybridized carbons (Fsp3) is 0.917. The van der Waals surface area contributed by atoms with Gasteiger partial charge >= 0.3 is 0 Å². The van der Waals surface area contributed by atoms with Gasteiger partial charge in [-0.05, 0) is 38.3 Å². The number of nitrogens with two attached hydrogens (primary N) is 1. The molecule has 0 bridgehead atoms. The van der Waals surface area contributed by atoms with Gasteiger partial charge in [0, 0.05) is 12.0 Å². The Morgan fingerprint density at radius 1 is 1.53 bits per heavy atom. The van der Waals surface area contributed by atoms with Crippen molar-refractivity contribution < 1.29 is 0 Å². The first-order valence-corrected chi connectivity index (χ1v) is 6.35. The molecule has 1 aliphatic heterocycles. The maximum atomic E-state index is 5.73. The zero-order chi connectivity index (χ0) is 11.5. The zero-order valence-corrected chi connectivity index (χ0v) is 11.1. The van der Waals surface area contributed by atoms with Crippen LogP contribution < -0.4 is 5.73 Å². The molecule has 1 fully saturated rings. The van der Waals surface area contributed by atoms with Gasteiger partial charge in [0.05, 0.1) is 4.99 Å². The van der Waals surface area contributed by atoms with E-state index in [0.29, 0.717) is 4.99 Å². The molecule has 3 heteroatoms. The number of likely N-dealkylation sites (tertiary alicyclic amines) is 1. The van der Waals surface area contributed by atoms with Gasteiger partial charge in [-0.3, -0.25) is 0 Å². The Morgan fingerprint density at radius 2 is 2.20 bits per heavy atom. The average Bonchev–Trinajstić information content (AvgIpc) is 2.15. The van der Waals surface area contributed by atoms with E-state index in [1.807, 2.05) is 0 Å². The van der Waals surface area contributed by atoms with Gasteiger partial charge in [-0.25, -0.2) is 0 Å². The monoisotopic (exact) mass is 228 g/mol.